The van der Waals surface area contributed by atoms with Crippen LogP contribution in [0.5, 0.6) is 0 Å². The molecule has 4 rings (SSSR count). The predicted molar refractivity (Wildman–Crippen MR) is 115 cm³/mol. The molecule has 166 valence electrons. The topological polar surface area (TPSA) is 86.7 Å². The Hall–Kier alpha value is -3.30. The maximum atomic E-state index is 13.8. The molecule has 1 saturated heterocycles. The third kappa shape index (κ3) is 4.21. The average Bonchev–Trinajstić information content (AvgIpc) is 2.71. The Labute approximate surface area is 184 Å². The normalized spacial score (nSPS) is 15.2. The maximum absolute atomic E-state index is 13.8. The van der Waals surface area contributed by atoms with Gasteiger partial charge in [-0.25, -0.2) is 17.2 Å². The van der Waals surface area contributed by atoms with Crippen LogP contribution in [0.25, 0.3) is 0 Å². The van der Waals surface area contributed by atoms with Gasteiger partial charge in [0.1, 0.15) is 22.1 Å². The van der Waals surface area contributed by atoms with Gasteiger partial charge in [0, 0.05) is 17.3 Å². The Morgan fingerprint density at radius 2 is 1.72 bits per heavy atom. The van der Waals surface area contributed by atoms with Crippen molar-refractivity contribution in [3.05, 3.63) is 95.1 Å². The zero-order chi connectivity index (χ0) is 23.1. The van der Waals surface area contributed by atoms with Crippen LogP contribution in [0.1, 0.15) is 21.5 Å². The molecule has 9 heteroatoms. The lowest BCUT2D eigenvalue weighted by molar-refractivity contribution is -0.0863. The van der Waals surface area contributed by atoms with Crippen molar-refractivity contribution in [3.63, 3.8) is 0 Å². The van der Waals surface area contributed by atoms with Gasteiger partial charge in [0.25, 0.3) is 15.9 Å². The number of halogens is 2. The van der Waals surface area contributed by atoms with Gasteiger partial charge in [-0.2, -0.15) is 0 Å². The molecular weight excluding hydrogens is 438 g/mol. The lowest BCUT2D eigenvalue weighted by Gasteiger charge is -2.46. The number of aryl methyl sites for hydroxylation is 1. The zero-order valence-corrected chi connectivity index (χ0v) is 17.9. The average molecular weight is 458 g/mol. The van der Waals surface area contributed by atoms with Crippen molar-refractivity contribution in [2.75, 3.05) is 17.8 Å². The van der Waals surface area contributed by atoms with Gasteiger partial charge in [-0.05, 0) is 48.9 Å². The first kappa shape index (κ1) is 21.9. The smallest absolute Gasteiger partial charge is 0.264 e. The molecule has 0 atom stereocenters. The lowest BCUT2D eigenvalue weighted by atomic mass is 9.85. The first-order valence-electron chi connectivity index (χ1n) is 9.74. The van der Waals surface area contributed by atoms with Crippen LogP contribution in [0.2, 0.25) is 0 Å². The van der Waals surface area contributed by atoms with Crippen LogP contribution >= 0.6 is 0 Å². The predicted octanol–water partition coefficient (Wildman–Crippen LogP) is 3.42. The van der Waals surface area contributed by atoms with Crippen molar-refractivity contribution in [2.45, 2.75) is 17.4 Å². The molecule has 0 spiro atoms. The molecule has 1 fully saturated rings. The van der Waals surface area contributed by atoms with E-state index in [1.807, 2.05) is 31.2 Å². The third-order valence-corrected chi connectivity index (χ3v) is 6.73. The fourth-order valence-electron chi connectivity index (χ4n) is 3.61. The number of amides is 1. The first-order valence-corrected chi connectivity index (χ1v) is 11.2. The van der Waals surface area contributed by atoms with Gasteiger partial charge in [0.2, 0.25) is 0 Å². The molecule has 2 N–H and O–H groups in total. The van der Waals surface area contributed by atoms with E-state index in [0.29, 0.717) is 11.6 Å². The van der Waals surface area contributed by atoms with Gasteiger partial charge >= 0.3 is 0 Å². The van der Waals surface area contributed by atoms with Crippen LogP contribution in [0.3, 0.4) is 0 Å². The molecule has 3 aromatic rings. The van der Waals surface area contributed by atoms with Crippen LogP contribution in [0, 0.1) is 18.6 Å². The highest BCUT2D eigenvalue weighted by Crippen LogP contribution is 2.33. The van der Waals surface area contributed by atoms with Gasteiger partial charge in [0.15, 0.2) is 0 Å². The van der Waals surface area contributed by atoms with Crippen LogP contribution in [0.15, 0.2) is 71.6 Å². The number of hydrogen-bond acceptors (Lipinski definition) is 4. The Bertz CT molecular complexity index is 1290. The molecule has 1 aliphatic rings. The Morgan fingerprint density at radius 1 is 1.03 bits per heavy atom. The van der Waals surface area contributed by atoms with E-state index in [2.05, 4.69) is 4.72 Å². The molecule has 6 nitrogen and oxygen atoms in total. The van der Waals surface area contributed by atoms with Crippen LogP contribution in [0.4, 0.5) is 14.5 Å². The number of sulfonamides is 1. The molecule has 1 amide bonds. The molecule has 0 radical (unpaired) electrons. The number of carbonyl (C=O) groups is 1. The number of hydrogen-bond donors (Lipinski definition) is 2. The molecule has 0 aliphatic carbocycles. The molecular formula is C23H20F2N2O4S. The summed E-state index contributed by atoms with van der Waals surface area (Å²) in [5.41, 5.74) is 1.09. The molecule has 1 aliphatic heterocycles. The van der Waals surface area contributed by atoms with E-state index in [0.717, 1.165) is 23.3 Å². The second-order valence-corrected chi connectivity index (χ2v) is 9.47. The van der Waals surface area contributed by atoms with Crippen molar-refractivity contribution < 1.29 is 27.1 Å². The highest BCUT2D eigenvalue weighted by molar-refractivity contribution is 7.92. The molecule has 0 bridgehead atoms. The third-order valence-electron chi connectivity index (χ3n) is 5.32. The van der Waals surface area contributed by atoms with Crippen molar-refractivity contribution in [1.29, 1.82) is 0 Å². The number of likely N-dealkylation sites (tertiary alicyclic amines) is 1. The van der Waals surface area contributed by atoms with E-state index in [1.54, 1.807) is 0 Å². The van der Waals surface area contributed by atoms with Crippen LogP contribution in [-0.4, -0.2) is 37.4 Å². The minimum absolute atomic E-state index is 0.116. The van der Waals surface area contributed by atoms with Gasteiger partial charge in [-0.1, -0.05) is 29.8 Å². The number of aliphatic hydroxyl groups is 1. The molecule has 0 aromatic heterocycles. The Balaban J connectivity index is 1.43. The summed E-state index contributed by atoms with van der Waals surface area (Å²) in [7, 11) is -4.27. The summed E-state index contributed by atoms with van der Waals surface area (Å²) in [6.45, 7) is 2.22. The van der Waals surface area contributed by atoms with Crippen molar-refractivity contribution in [1.82, 2.24) is 4.90 Å². The quantitative estimate of drug-likeness (QED) is 0.614. The van der Waals surface area contributed by atoms with E-state index < -0.39 is 32.2 Å². The highest BCUT2D eigenvalue weighted by atomic mass is 32.2. The number of nitrogens with zero attached hydrogens (tertiary/aromatic N) is 1. The largest absolute Gasteiger partial charge is 0.381 e. The Kier molecular flexibility index (Phi) is 5.47. The molecule has 32 heavy (non-hydrogen) atoms. The van der Waals surface area contributed by atoms with E-state index in [9.17, 15) is 27.1 Å². The molecule has 3 aromatic carbocycles. The summed E-state index contributed by atoms with van der Waals surface area (Å²) in [6.07, 6.45) is 0. The summed E-state index contributed by atoms with van der Waals surface area (Å²) < 4.78 is 53.8. The van der Waals surface area contributed by atoms with E-state index in [4.69, 9.17) is 0 Å². The summed E-state index contributed by atoms with van der Waals surface area (Å²) in [4.78, 5) is 13.5. The fraction of sp³-hybridized carbons (Fsp3) is 0.174. The first-order chi connectivity index (χ1) is 15.1. The van der Waals surface area contributed by atoms with Gasteiger partial charge in [-0.15, -0.1) is 0 Å². The summed E-state index contributed by atoms with van der Waals surface area (Å²) in [5, 5.41) is 10.8. The highest BCUT2D eigenvalue weighted by Gasteiger charge is 2.45. The fourth-order valence-corrected chi connectivity index (χ4v) is 4.73. The van der Waals surface area contributed by atoms with Gasteiger partial charge < -0.3 is 10.0 Å². The van der Waals surface area contributed by atoms with E-state index in [1.165, 1.54) is 29.2 Å². The number of rotatable bonds is 5. The van der Waals surface area contributed by atoms with E-state index in [-0.39, 0.29) is 24.7 Å². The minimum atomic E-state index is -4.27. The lowest BCUT2D eigenvalue weighted by Crippen LogP contribution is -2.61. The van der Waals surface area contributed by atoms with Crippen LogP contribution in [-0.2, 0) is 15.6 Å². The molecule has 1 heterocycles. The summed E-state index contributed by atoms with van der Waals surface area (Å²) in [5.74, 6) is -2.39. The number of anilines is 1. The number of β-amino-alcohol motifs (C(OH)–C–C–N with tert-alkyl or cyclic N) is 1. The van der Waals surface area contributed by atoms with Crippen LogP contribution < -0.4 is 4.72 Å². The molecule has 0 saturated carbocycles. The van der Waals surface area contributed by atoms with Gasteiger partial charge in [0.05, 0.1) is 13.1 Å². The summed E-state index contributed by atoms with van der Waals surface area (Å²) in [6, 6.07) is 15.3. The summed E-state index contributed by atoms with van der Waals surface area (Å²) >= 11 is 0. The molecule has 0 unspecified atom stereocenters. The van der Waals surface area contributed by atoms with Crippen molar-refractivity contribution in [3.8, 4) is 0 Å². The standard InChI is InChI=1S/C23H20F2N2O4S/c1-15-3-2-4-17(11-15)23(29)13-27(14-23)22(28)16-5-8-19(9-6-16)26-32(30,31)21-10-7-18(24)12-20(21)25/h2-12,26,29H,13-14H2,1H3. The SMILES string of the molecule is Cc1cccc(C2(O)CN(C(=O)c3ccc(NS(=O)(=O)c4ccc(F)cc4F)cc3)C2)c1. The number of benzene rings is 3. The second-order valence-electron chi connectivity index (χ2n) is 7.82. The van der Waals surface area contributed by atoms with E-state index >= 15 is 0 Å². The minimum Gasteiger partial charge on any atom is -0.381 e. The number of carbonyl (C=O) groups excluding carboxylic acids is 1. The maximum Gasteiger partial charge on any atom is 0.264 e. The Morgan fingerprint density at radius 3 is 2.34 bits per heavy atom. The van der Waals surface area contributed by atoms with Gasteiger partial charge in [-0.3, -0.25) is 9.52 Å². The van der Waals surface area contributed by atoms with Crippen molar-refractivity contribution >= 4 is 21.6 Å². The van der Waals surface area contributed by atoms with Crippen molar-refractivity contribution in [2.24, 2.45) is 0 Å². The monoisotopic (exact) mass is 458 g/mol. The number of nitrogens with one attached hydrogen (secondary N) is 1. The second kappa shape index (κ2) is 7.99. The zero-order valence-electron chi connectivity index (χ0n) is 17.0.